The van der Waals surface area contributed by atoms with Gasteiger partial charge >= 0.3 is 0 Å². The number of ether oxygens (including phenoxy) is 1. The van der Waals surface area contributed by atoms with Gasteiger partial charge in [-0.05, 0) is 31.3 Å². The summed E-state index contributed by atoms with van der Waals surface area (Å²) in [4.78, 5) is 0. The second kappa shape index (κ2) is 4.11. The van der Waals surface area contributed by atoms with E-state index in [0.717, 1.165) is 37.5 Å². The molecule has 0 bridgehead atoms. The van der Waals surface area contributed by atoms with Gasteiger partial charge in [0.15, 0.2) is 0 Å². The highest BCUT2D eigenvalue weighted by Gasteiger charge is 2.27. The highest BCUT2D eigenvalue weighted by molar-refractivity contribution is 5.06. The average Bonchev–Trinajstić information content (AvgIpc) is 2.99. The summed E-state index contributed by atoms with van der Waals surface area (Å²) in [6.07, 6.45) is 8.33. The summed E-state index contributed by atoms with van der Waals surface area (Å²) in [6.45, 7) is 0.856. The highest BCUT2D eigenvalue weighted by atomic mass is 16.5. The largest absolute Gasteiger partial charge is 0.497 e. The first-order valence-electron chi connectivity index (χ1n) is 5.19. The zero-order valence-corrected chi connectivity index (χ0v) is 7.96. The zero-order chi connectivity index (χ0) is 9.10. The molecule has 0 radical (unpaired) electrons. The Labute approximate surface area is 79.3 Å². The van der Waals surface area contributed by atoms with Crippen LogP contribution in [0.3, 0.4) is 0 Å². The lowest BCUT2D eigenvalue weighted by molar-refractivity contribution is 0.163. The minimum absolute atomic E-state index is 0.257. The first kappa shape index (κ1) is 9.03. The van der Waals surface area contributed by atoms with E-state index in [2.05, 4.69) is 11.5 Å². The molecule has 1 heterocycles. The number of hydrogen-bond donors (Lipinski definition) is 2. The predicted octanol–water partition coefficient (Wildman–Crippen LogP) is 1.31. The molecule has 3 N–H and O–H groups in total. The van der Waals surface area contributed by atoms with Crippen LogP contribution in [0.2, 0.25) is 0 Å². The summed E-state index contributed by atoms with van der Waals surface area (Å²) in [6, 6.07) is 0.257. The fourth-order valence-corrected chi connectivity index (χ4v) is 1.77. The van der Waals surface area contributed by atoms with Gasteiger partial charge in [-0.1, -0.05) is 12.8 Å². The first-order valence-corrected chi connectivity index (χ1v) is 5.19. The Kier molecular flexibility index (Phi) is 2.86. The normalized spacial score (nSPS) is 24.8. The van der Waals surface area contributed by atoms with E-state index in [1.807, 2.05) is 0 Å². The summed E-state index contributed by atoms with van der Waals surface area (Å²) in [5, 5.41) is 0. The minimum Gasteiger partial charge on any atom is -0.497 e. The molecule has 1 fully saturated rings. The lowest BCUT2D eigenvalue weighted by atomic mass is 10.1. The number of rotatable bonds is 4. The van der Waals surface area contributed by atoms with Crippen LogP contribution in [0, 0.1) is 5.92 Å². The van der Waals surface area contributed by atoms with Crippen molar-refractivity contribution in [2.24, 2.45) is 11.8 Å². The van der Waals surface area contributed by atoms with Gasteiger partial charge in [-0.2, -0.15) is 0 Å². The second-order valence-corrected chi connectivity index (χ2v) is 4.00. The summed E-state index contributed by atoms with van der Waals surface area (Å²) in [5.41, 5.74) is 2.85. The van der Waals surface area contributed by atoms with Crippen LogP contribution in [0.1, 0.15) is 32.1 Å². The van der Waals surface area contributed by atoms with Crippen molar-refractivity contribution in [3.63, 3.8) is 0 Å². The van der Waals surface area contributed by atoms with Crippen LogP contribution in [-0.2, 0) is 4.74 Å². The van der Waals surface area contributed by atoms with Crippen molar-refractivity contribution in [1.82, 2.24) is 5.43 Å². The lowest BCUT2D eigenvalue weighted by Gasteiger charge is -2.22. The highest BCUT2D eigenvalue weighted by Crippen LogP contribution is 2.35. The molecule has 1 aliphatic carbocycles. The molecule has 2 aliphatic rings. The molecule has 74 valence electrons. The number of nitrogens with two attached hydrogens (primary N) is 1. The Balaban J connectivity index is 1.89. The van der Waals surface area contributed by atoms with Gasteiger partial charge in [0.05, 0.1) is 12.6 Å². The van der Waals surface area contributed by atoms with Crippen molar-refractivity contribution >= 4 is 0 Å². The average molecular weight is 182 g/mol. The lowest BCUT2D eigenvalue weighted by Crippen LogP contribution is -2.38. The van der Waals surface area contributed by atoms with Crippen LogP contribution < -0.4 is 11.3 Å². The van der Waals surface area contributed by atoms with Crippen molar-refractivity contribution in [3.8, 4) is 0 Å². The Morgan fingerprint density at radius 1 is 1.62 bits per heavy atom. The molecule has 1 saturated carbocycles. The SMILES string of the molecule is NNC(CC1CC1)C1=CCCCO1. The van der Waals surface area contributed by atoms with Gasteiger partial charge in [-0.15, -0.1) is 0 Å². The molecule has 0 amide bonds. The van der Waals surface area contributed by atoms with Gasteiger partial charge in [-0.3, -0.25) is 5.84 Å². The molecule has 3 nitrogen and oxygen atoms in total. The zero-order valence-electron chi connectivity index (χ0n) is 7.96. The Bertz CT molecular complexity index is 199. The Hall–Kier alpha value is -0.540. The van der Waals surface area contributed by atoms with Gasteiger partial charge in [-0.25, -0.2) is 5.43 Å². The summed E-state index contributed by atoms with van der Waals surface area (Å²) < 4.78 is 5.58. The molecular formula is C10H18N2O. The standard InChI is InChI=1S/C10H18N2O/c11-12-9(7-8-4-5-8)10-3-1-2-6-13-10/h3,8-9,12H,1-2,4-7,11H2. The van der Waals surface area contributed by atoms with Crippen molar-refractivity contribution in [2.75, 3.05) is 6.61 Å². The van der Waals surface area contributed by atoms with Gasteiger partial charge in [0, 0.05) is 0 Å². The molecule has 1 aliphatic heterocycles. The van der Waals surface area contributed by atoms with Crippen LogP contribution in [0.4, 0.5) is 0 Å². The molecule has 0 spiro atoms. The molecule has 2 rings (SSSR count). The van der Waals surface area contributed by atoms with E-state index in [-0.39, 0.29) is 6.04 Å². The van der Waals surface area contributed by atoms with Crippen molar-refractivity contribution in [1.29, 1.82) is 0 Å². The maximum Gasteiger partial charge on any atom is 0.110 e. The third kappa shape index (κ3) is 2.45. The van der Waals surface area contributed by atoms with Crippen LogP contribution >= 0.6 is 0 Å². The fraction of sp³-hybridized carbons (Fsp3) is 0.800. The van der Waals surface area contributed by atoms with Crippen molar-refractivity contribution in [2.45, 2.75) is 38.1 Å². The van der Waals surface area contributed by atoms with Crippen LogP contribution in [-0.4, -0.2) is 12.6 Å². The molecular weight excluding hydrogens is 164 g/mol. The number of hydrazine groups is 1. The number of allylic oxidation sites excluding steroid dienone is 1. The predicted molar refractivity (Wildman–Crippen MR) is 51.7 cm³/mol. The van der Waals surface area contributed by atoms with Gasteiger partial charge < -0.3 is 4.74 Å². The smallest absolute Gasteiger partial charge is 0.110 e. The fourth-order valence-electron chi connectivity index (χ4n) is 1.77. The Morgan fingerprint density at radius 3 is 3.00 bits per heavy atom. The van der Waals surface area contributed by atoms with E-state index in [9.17, 15) is 0 Å². The number of hydrogen-bond acceptors (Lipinski definition) is 3. The quantitative estimate of drug-likeness (QED) is 0.509. The van der Waals surface area contributed by atoms with Crippen molar-refractivity contribution in [3.05, 3.63) is 11.8 Å². The van der Waals surface area contributed by atoms with Crippen molar-refractivity contribution < 1.29 is 4.74 Å². The van der Waals surface area contributed by atoms with Gasteiger partial charge in [0.25, 0.3) is 0 Å². The first-order chi connectivity index (χ1) is 6.40. The van der Waals surface area contributed by atoms with Crippen LogP contribution in [0.5, 0.6) is 0 Å². The summed E-state index contributed by atoms with van der Waals surface area (Å²) >= 11 is 0. The van der Waals surface area contributed by atoms with Crippen LogP contribution in [0.25, 0.3) is 0 Å². The molecule has 13 heavy (non-hydrogen) atoms. The topological polar surface area (TPSA) is 47.3 Å². The van der Waals surface area contributed by atoms with Gasteiger partial charge in [0.1, 0.15) is 5.76 Å². The van der Waals surface area contributed by atoms with Gasteiger partial charge in [0.2, 0.25) is 0 Å². The van der Waals surface area contributed by atoms with E-state index in [4.69, 9.17) is 10.6 Å². The maximum absolute atomic E-state index is 5.58. The molecule has 1 unspecified atom stereocenters. The molecule has 3 heteroatoms. The molecule has 0 aromatic rings. The second-order valence-electron chi connectivity index (χ2n) is 4.00. The molecule has 1 atom stereocenters. The number of nitrogens with one attached hydrogen (secondary N) is 1. The molecule has 0 saturated heterocycles. The molecule has 0 aromatic carbocycles. The third-order valence-electron chi connectivity index (χ3n) is 2.77. The monoisotopic (exact) mass is 182 g/mol. The van der Waals surface area contributed by atoms with E-state index in [1.54, 1.807) is 0 Å². The van der Waals surface area contributed by atoms with E-state index in [1.165, 1.54) is 12.8 Å². The van der Waals surface area contributed by atoms with Crippen LogP contribution in [0.15, 0.2) is 11.8 Å². The third-order valence-corrected chi connectivity index (χ3v) is 2.77. The van der Waals surface area contributed by atoms with E-state index < -0.39 is 0 Å². The van der Waals surface area contributed by atoms with E-state index in [0.29, 0.717) is 0 Å². The minimum atomic E-state index is 0.257. The summed E-state index contributed by atoms with van der Waals surface area (Å²) in [5.74, 6) is 7.46. The molecule has 0 aromatic heterocycles. The Morgan fingerprint density at radius 2 is 2.46 bits per heavy atom. The summed E-state index contributed by atoms with van der Waals surface area (Å²) in [7, 11) is 0. The maximum atomic E-state index is 5.58. The van der Waals surface area contributed by atoms with E-state index >= 15 is 0 Å².